The van der Waals surface area contributed by atoms with Gasteiger partial charge in [-0.2, -0.15) is 0 Å². The van der Waals surface area contributed by atoms with Crippen molar-refractivity contribution >= 4 is 34.8 Å². The molecule has 3 N–H and O–H groups in total. The van der Waals surface area contributed by atoms with E-state index < -0.39 is 6.04 Å². The van der Waals surface area contributed by atoms with E-state index in [1.807, 2.05) is 0 Å². The van der Waals surface area contributed by atoms with Crippen molar-refractivity contribution in [2.45, 2.75) is 32.7 Å². The third-order valence-electron chi connectivity index (χ3n) is 2.98. The number of rotatable bonds is 5. The monoisotopic (exact) mass is 325 g/mol. The third kappa shape index (κ3) is 5.12. The van der Waals surface area contributed by atoms with Gasteiger partial charge in [-0.05, 0) is 24.5 Å². The minimum Gasteiger partial charge on any atom is -0.320 e. The largest absolute Gasteiger partial charge is 0.320 e. The molecule has 114 valence electrons. The minimum absolute atomic E-state index is 0. The smallest absolute Gasteiger partial charge is 0.242 e. The summed E-state index contributed by atoms with van der Waals surface area (Å²) in [6.07, 6.45) is 3.67. The Morgan fingerprint density at radius 2 is 2.14 bits per heavy atom. The molecule has 2 rings (SSSR count). The fourth-order valence-corrected chi connectivity index (χ4v) is 2.68. The predicted octanol–water partition coefficient (Wildman–Crippen LogP) is 3.00. The SMILES string of the molecule is CCc1cccc(Cc2cnc(NC(=O)[C@@H](C)N)s2)c1.Cl. The van der Waals surface area contributed by atoms with Crippen LogP contribution in [0.2, 0.25) is 0 Å². The Bertz CT molecular complexity index is 598. The molecule has 2 aromatic rings. The maximum Gasteiger partial charge on any atom is 0.242 e. The van der Waals surface area contributed by atoms with Crippen LogP contribution in [-0.4, -0.2) is 16.9 Å². The molecule has 0 saturated carbocycles. The van der Waals surface area contributed by atoms with Crippen LogP contribution in [0.25, 0.3) is 0 Å². The summed E-state index contributed by atoms with van der Waals surface area (Å²) in [4.78, 5) is 16.8. The first-order valence-corrected chi connectivity index (χ1v) is 7.49. The molecule has 0 spiro atoms. The average Bonchev–Trinajstić information content (AvgIpc) is 2.86. The van der Waals surface area contributed by atoms with Crippen molar-refractivity contribution in [1.82, 2.24) is 4.98 Å². The van der Waals surface area contributed by atoms with E-state index in [9.17, 15) is 4.79 Å². The summed E-state index contributed by atoms with van der Waals surface area (Å²) in [5, 5.41) is 3.32. The third-order valence-corrected chi connectivity index (χ3v) is 3.89. The van der Waals surface area contributed by atoms with Crippen LogP contribution >= 0.6 is 23.7 Å². The van der Waals surface area contributed by atoms with Gasteiger partial charge in [0.2, 0.25) is 5.91 Å². The van der Waals surface area contributed by atoms with Crippen LogP contribution in [0, 0.1) is 0 Å². The second-order valence-corrected chi connectivity index (χ2v) is 5.88. The molecular weight excluding hydrogens is 306 g/mol. The molecule has 0 saturated heterocycles. The van der Waals surface area contributed by atoms with Crippen molar-refractivity contribution in [3.05, 3.63) is 46.5 Å². The number of nitrogens with one attached hydrogen (secondary N) is 1. The number of halogens is 1. The molecule has 0 aliphatic carbocycles. The lowest BCUT2D eigenvalue weighted by Crippen LogP contribution is -2.32. The number of benzene rings is 1. The summed E-state index contributed by atoms with van der Waals surface area (Å²) in [6.45, 7) is 3.80. The van der Waals surface area contributed by atoms with Crippen molar-refractivity contribution in [3.8, 4) is 0 Å². The van der Waals surface area contributed by atoms with E-state index in [4.69, 9.17) is 5.73 Å². The van der Waals surface area contributed by atoms with Gasteiger partial charge in [-0.3, -0.25) is 4.79 Å². The highest BCUT2D eigenvalue weighted by molar-refractivity contribution is 7.15. The number of hydrogen-bond acceptors (Lipinski definition) is 4. The highest BCUT2D eigenvalue weighted by Gasteiger charge is 2.10. The fraction of sp³-hybridized carbons (Fsp3) is 0.333. The van der Waals surface area contributed by atoms with E-state index in [1.165, 1.54) is 22.5 Å². The number of amides is 1. The van der Waals surface area contributed by atoms with Crippen LogP contribution in [-0.2, 0) is 17.6 Å². The molecule has 6 heteroatoms. The van der Waals surface area contributed by atoms with Crippen molar-refractivity contribution in [2.75, 3.05) is 5.32 Å². The Hall–Kier alpha value is -1.43. The first-order valence-electron chi connectivity index (χ1n) is 6.67. The Labute approximate surface area is 135 Å². The van der Waals surface area contributed by atoms with Crippen LogP contribution < -0.4 is 11.1 Å². The van der Waals surface area contributed by atoms with Crippen molar-refractivity contribution < 1.29 is 4.79 Å². The molecule has 1 aromatic heterocycles. The summed E-state index contributed by atoms with van der Waals surface area (Å²) in [7, 11) is 0. The van der Waals surface area contributed by atoms with Gasteiger partial charge < -0.3 is 11.1 Å². The van der Waals surface area contributed by atoms with Gasteiger partial charge in [0.25, 0.3) is 0 Å². The minimum atomic E-state index is -0.524. The normalized spacial score (nSPS) is 11.6. The highest BCUT2D eigenvalue weighted by Crippen LogP contribution is 2.21. The number of carbonyl (C=O) groups is 1. The number of thiazole rings is 1. The van der Waals surface area contributed by atoms with Crippen LogP contribution in [0.3, 0.4) is 0 Å². The van der Waals surface area contributed by atoms with Crippen LogP contribution in [0.1, 0.15) is 29.9 Å². The van der Waals surface area contributed by atoms with Gasteiger partial charge in [0.05, 0.1) is 6.04 Å². The topological polar surface area (TPSA) is 68.0 Å². The van der Waals surface area contributed by atoms with Gasteiger partial charge in [-0.15, -0.1) is 23.7 Å². The molecular formula is C15H20ClN3OS. The van der Waals surface area contributed by atoms with Gasteiger partial charge in [-0.25, -0.2) is 4.98 Å². The second-order valence-electron chi connectivity index (χ2n) is 4.76. The van der Waals surface area contributed by atoms with Crippen LogP contribution in [0.4, 0.5) is 5.13 Å². The van der Waals surface area contributed by atoms with Gasteiger partial charge in [0, 0.05) is 17.5 Å². The Morgan fingerprint density at radius 1 is 1.43 bits per heavy atom. The zero-order valence-corrected chi connectivity index (χ0v) is 13.8. The number of anilines is 1. The van der Waals surface area contributed by atoms with Gasteiger partial charge in [-0.1, -0.05) is 31.2 Å². The van der Waals surface area contributed by atoms with Gasteiger partial charge in [0.1, 0.15) is 0 Å². The predicted molar refractivity (Wildman–Crippen MR) is 90.3 cm³/mol. The Balaban J connectivity index is 0.00000220. The molecule has 0 fully saturated rings. The summed E-state index contributed by atoms with van der Waals surface area (Å²) >= 11 is 1.49. The summed E-state index contributed by atoms with van der Waals surface area (Å²) in [5.41, 5.74) is 8.10. The molecule has 0 bridgehead atoms. The fourth-order valence-electron chi connectivity index (χ4n) is 1.83. The second kappa shape index (κ2) is 8.12. The number of aromatic nitrogens is 1. The number of hydrogen-bond donors (Lipinski definition) is 2. The molecule has 0 unspecified atom stereocenters. The van der Waals surface area contributed by atoms with Gasteiger partial charge >= 0.3 is 0 Å². The van der Waals surface area contributed by atoms with E-state index in [2.05, 4.69) is 41.5 Å². The summed E-state index contributed by atoms with van der Waals surface area (Å²) < 4.78 is 0. The molecule has 0 radical (unpaired) electrons. The van der Waals surface area contributed by atoms with Crippen LogP contribution in [0.5, 0.6) is 0 Å². The number of carbonyl (C=O) groups excluding carboxylic acids is 1. The Morgan fingerprint density at radius 3 is 2.81 bits per heavy atom. The Kier molecular flexibility index (Phi) is 6.81. The zero-order valence-electron chi connectivity index (χ0n) is 12.1. The molecule has 1 amide bonds. The molecule has 1 atom stereocenters. The first kappa shape index (κ1) is 17.6. The van der Waals surface area contributed by atoms with E-state index >= 15 is 0 Å². The highest BCUT2D eigenvalue weighted by atomic mass is 35.5. The van der Waals surface area contributed by atoms with Gasteiger partial charge in [0.15, 0.2) is 5.13 Å². The number of nitrogens with two attached hydrogens (primary N) is 1. The summed E-state index contributed by atoms with van der Waals surface area (Å²) in [5.74, 6) is -0.209. The van der Waals surface area contributed by atoms with Crippen molar-refractivity contribution in [3.63, 3.8) is 0 Å². The first-order chi connectivity index (χ1) is 9.58. The average molecular weight is 326 g/mol. The lowest BCUT2D eigenvalue weighted by atomic mass is 10.1. The molecule has 0 aliphatic heterocycles. The van der Waals surface area contributed by atoms with E-state index in [0.717, 1.165) is 17.7 Å². The van der Waals surface area contributed by atoms with E-state index in [-0.39, 0.29) is 18.3 Å². The lowest BCUT2D eigenvalue weighted by Gasteiger charge is -2.03. The molecule has 21 heavy (non-hydrogen) atoms. The molecule has 1 heterocycles. The van der Waals surface area contributed by atoms with E-state index in [0.29, 0.717) is 5.13 Å². The summed E-state index contributed by atoms with van der Waals surface area (Å²) in [6, 6.07) is 8.00. The standard InChI is InChI=1S/C15H19N3OS.ClH/c1-3-11-5-4-6-12(7-11)8-13-9-17-15(20-13)18-14(19)10(2)16;/h4-7,9-10H,3,8,16H2,1-2H3,(H,17,18,19);1H/t10-;/m1./s1. The van der Waals surface area contributed by atoms with Crippen LogP contribution in [0.15, 0.2) is 30.5 Å². The van der Waals surface area contributed by atoms with E-state index in [1.54, 1.807) is 13.1 Å². The number of nitrogens with zero attached hydrogens (tertiary/aromatic N) is 1. The van der Waals surface area contributed by atoms with Crippen molar-refractivity contribution in [2.24, 2.45) is 5.73 Å². The molecule has 0 aliphatic rings. The molecule has 1 aromatic carbocycles. The molecule has 4 nitrogen and oxygen atoms in total. The van der Waals surface area contributed by atoms with Crippen molar-refractivity contribution in [1.29, 1.82) is 0 Å². The lowest BCUT2D eigenvalue weighted by molar-refractivity contribution is -0.117. The zero-order chi connectivity index (χ0) is 14.5. The maximum absolute atomic E-state index is 11.5. The number of aryl methyl sites for hydroxylation is 1. The maximum atomic E-state index is 11.5. The quantitative estimate of drug-likeness (QED) is 0.888.